The highest BCUT2D eigenvalue weighted by molar-refractivity contribution is 6.31. The van der Waals surface area contributed by atoms with Crippen LogP contribution in [-0.2, 0) is 17.8 Å². The molecule has 0 radical (unpaired) electrons. The topological polar surface area (TPSA) is 39.7 Å². The third kappa shape index (κ3) is 5.11. The van der Waals surface area contributed by atoms with E-state index in [2.05, 4.69) is 5.32 Å². The number of rotatable bonds is 8. The maximum Gasteiger partial charge on any atom is 0.161 e. The van der Waals surface area contributed by atoms with Crippen molar-refractivity contribution < 1.29 is 14.2 Å². The monoisotopic (exact) mass is 361 g/mol. The molecule has 0 aromatic heterocycles. The minimum Gasteiger partial charge on any atom is -0.493 e. The molecular formula is C20H24ClNO3. The first-order valence-electron chi connectivity index (χ1n) is 8.61. The van der Waals surface area contributed by atoms with Gasteiger partial charge in [-0.2, -0.15) is 0 Å². The first-order chi connectivity index (χ1) is 12.3. The smallest absolute Gasteiger partial charge is 0.161 e. The first-order valence-corrected chi connectivity index (χ1v) is 8.99. The van der Waals surface area contributed by atoms with Gasteiger partial charge >= 0.3 is 0 Å². The Kier molecular flexibility index (Phi) is 6.56. The normalized spacial score (nSPS) is 16.8. The van der Waals surface area contributed by atoms with Crippen molar-refractivity contribution in [3.8, 4) is 11.5 Å². The molecule has 1 N–H and O–H groups in total. The summed E-state index contributed by atoms with van der Waals surface area (Å²) in [5.41, 5.74) is 2.22. The second-order valence-corrected chi connectivity index (χ2v) is 6.53. The van der Waals surface area contributed by atoms with E-state index in [1.807, 2.05) is 42.5 Å². The summed E-state index contributed by atoms with van der Waals surface area (Å²) in [6.45, 7) is 2.86. The summed E-state index contributed by atoms with van der Waals surface area (Å²) in [6.07, 6.45) is 2.37. The SMILES string of the molecule is COc1cc(CNCc2ccccc2Cl)ccc1OCC1CCCO1. The van der Waals surface area contributed by atoms with Crippen LogP contribution in [0.2, 0.25) is 5.02 Å². The van der Waals surface area contributed by atoms with Crippen molar-refractivity contribution in [2.75, 3.05) is 20.3 Å². The first kappa shape index (κ1) is 18.1. The molecule has 0 saturated carbocycles. The Morgan fingerprint density at radius 3 is 2.80 bits per heavy atom. The number of methoxy groups -OCH3 is 1. The molecule has 0 aliphatic carbocycles. The molecule has 134 valence electrons. The van der Waals surface area contributed by atoms with Gasteiger partial charge in [0.25, 0.3) is 0 Å². The zero-order chi connectivity index (χ0) is 17.5. The van der Waals surface area contributed by atoms with E-state index in [1.165, 1.54) is 0 Å². The van der Waals surface area contributed by atoms with Gasteiger partial charge in [-0.15, -0.1) is 0 Å². The van der Waals surface area contributed by atoms with Crippen molar-refractivity contribution in [1.29, 1.82) is 0 Å². The van der Waals surface area contributed by atoms with Crippen LogP contribution in [0.4, 0.5) is 0 Å². The van der Waals surface area contributed by atoms with Crippen LogP contribution in [0, 0.1) is 0 Å². The van der Waals surface area contributed by atoms with Gasteiger partial charge in [0.15, 0.2) is 11.5 Å². The Labute approximate surface area is 154 Å². The van der Waals surface area contributed by atoms with Gasteiger partial charge in [-0.1, -0.05) is 35.9 Å². The van der Waals surface area contributed by atoms with Crippen molar-refractivity contribution >= 4 is 11.6 Å². The minimum absolute atomic E-state index is 0.196. The molecule has 1 unspecified atom stereocenters. The molecule has 3 rings (SSSR count). The second-order valence-electron chi connectivity index (χ2n) is 6.13. The van der Waals surface area contributed by atoms with Crippen LogP contribution in [0.1, 0.15) is 24.0 Å². The highest BCUT2D eigenvalue weighted by atomic mass is 35.5. The molecule has 1 aliphatic rings. The van der Waals surface area contributed by atoms with E-state index in [4.69, 9.17) is 25.8 Å². The van der Waals surface area contributed by atoms with Crippen LogP contribution in [0.5, 0.6) is 11.5 Å². The quantitative estimate of drug-likeness (QED) is 0.765. The van der Waals surface area contributed by atoms with Gasteiger partial charge in [0, 0.05) is 24.7 Å². The van der Waals surface area contributed by atoms with Gasteiger partial charge in [-0.25, -0.2) is 0 Å². The molecule has 1 saturated heterocycles. The average molecular weight is 362 g/mol. The number of halogens is 1. The summed E-state index contributed by atoms with van der Waals surface area (Å²) in [5.74, 6) is 1.50. The molecular weight excluding hydrogens is 338 g/mol. The molecule has 0 bridgehead atoms. The standard InChI is InChI=1S/C20H24ClNO3/c1-23-20-11-15(12-22-13-16-5-2-3-7-18(16)21)8-9-19(20)25-14-17-6-4-10-24-17/h2-3,5,7-9,11,17,22H,4,6,10,12-14H2,1H3. The predicted molar refractivity (Wildman–Crippen MR) is 99.5 cm³/mol. The molecule has 1 heterocycles. The fourth-order valence-corrected chi connectivity index (χ4v) is 3.09. The van der Waals surface area contributed by atoms with Gasteiger partial charge in [-0.05, 0) is 42.2 Å². The maximum absolute atomic E-state index is 6.18. The van der Waals surface area contributed by atoms with E-state index in [-0.39, 0.29) is 6.10 Å². The zero-order valence-electron chi connectivity index (χ0n) is 14.5. The highest BCUT2D eigenvalue weighted by Crippen LogP contribution is 2.29. The number of hydrogen-bond donors (Lipinski definition) is 1. The second kappa shape index (κ2) is 9.09. The molecule has 5 heteroatoms. The lowest BCUT2D eigenvalue weighted by molar-refractivity contribution is 0.0669. The summed E-state index contributed by atoms with van der Waals surface area (Å²) in [5, 5.41) is 4.19. The van der Waals surface area contributed by atoms with E-state index in [9.17, 15) is 0 Å². The fourth-order valence-electron chi connectivity index (χ4n) is 2.88. The minimum atomic E-state index is 0.196. The van der Waals surface area contributed by atoms with Crippen LogP contribution < -0.4 is 14.8 Å². The molecule has 1 fully saturated rings. The Morgan fingerprint density at radius 1 is 1.16 bits per heavy atom. The lowest BCUT2D eigenvalue weighted by Crippen LogP contribution is -2.17. The van der Waals surface area contributed by atoms with Gasteiger partial charge in [0.1, 0.15) is 6.61 Å². The van der Waals surface area contributed by atoms with Crippen LogP contribution in [0.25, 0.3) is 0 Å². The molecule has 25 heavy (non-hydrogen) atoms. The van der Waals surface area contributed by atoms with Gasteiger partial charge in [0.2, 0.25) is 0 Å². The average Bonchev–Trinajstić information content (AvgIpc) is 3.15. The van der Waals surface area contributed by atoms with E-state index in [1.54, 1.807) is 7.11 Å². The largest absolute Gasteiger partial charge is 0.493 e. The third-order valence-electron chi connectivity index (χ3n) is 4.28. The van der Waals surface area contributed by atoms with Gasteiger partial charge in [0.05, 0.1) is 13.2 Å². The van der Waals surface area contributed by atoms with Crippen LogP contribution in [-0.4, -0.2) is 26.4 Å². The molecule has 2 aromatic carbocycles. The van der Waals surface area contributed by atoms with Crippen LogP contribution in [0.3, 0.4) is 0 Å². The molecule has 1 atom stereocenters. The van der Waals surface area contributed by atoms with Crippen LogP contribution >= 0.6 is 11.6 Å². The van der Waals surface area contributed by atoms with E-state index in [0.717, 1.165) is 60.2 Å². The Bertz CT molecular complexity index is 686. The fraction of sp³-hybridized carbons (Fsp3) is 0.400. The van der Waals surface area contributed by atoms with E-state index >= 15 is 0 Å². The third-order valence-corrected chi connectivity index (χ3v) is 4.65. The maximum atomic E-state index is 6.18. The molecule has 0 amide bonds. The van der Waals surface area contributed by atoms with Crippen molar-refractivity contribution in [1.82, 2.24) is 5.32 Å². The summed E-state index contributed by atoms with van der Waals surface area (Å²) in [6, 6.07) is 13.9. The number of ether oxygens (including phenoxy) is 3. The summed E-state index contributed by atoms with van der Waals surface area (Å²) < 4.78 is 16.9. The number of hydrogen-bond acceptors (Lipinski definition) is 4. The van der Waals surface area contributed by atoms with E-state index < -0.39 is 0 Å². The summed E-state index contributed by atoms with van der Waals surface area (Å²) >= 11 is 6.18. The van der Waals surface area contributed by atoms with Crippen molar-refractivity contribution in [3.63, 3.8) is 0 Å². The molecule has 2 aromatic rings. The Morgan fingerprint density at radius 2 is 2.04 bits per heavy atom. The van der Waals surface area contributed by atoms with Gasteiger partial charge < -0.3 is 19.5 Å². The lowest BCUT2D eigenvalue weighted by atomic mass is 10.2. The Hall–Kier alpha value is -1.75. The number of nitrogens with one attached hydrogen (secondary N) is 1. The van der Waals surface area contributed by atoms with Crippen molar-refractivity contribution in [2.24, 2.45) is 0 Å². The molecule has 1 aliphatic heterocycles. The number of benzene rings is 2. The lowest BCUT2D eigenvalue weighted by Gasteiger charge is -2.15. The van der Waals surface area contributed by atoms with E-state index in [0.29, 0.717) is 6.61 Å². The summed E-state index contributed by atoms with van der Waals surface area (Å²) in [4.78, 5) is 0. The predicted octanol–water partition coefficient (Wildman–Crippen LogP) is 4.20. The molecule has 4 nitrogen and oxygen atoms in total. The van der Waals surface area contributed by atoms with Gasteiger partial charge in [-0.3, -0.25) is 0 Å². The Balaban J connectivity index is 1.54. The highest BCUT2D eigenvalue weighted by Gasteiger charge is 2.17. The summed E-state index contributed by atoms with van der Waals surface area (Å²) in [7, 11) is 1.66. The zero-order valence-corrected chi connectivity index (χ0v) is 15.2. The van der Waals surface area contributed by atoms with Crippen molar-refractivity contribution in [3.05, 3.63) is 58.6 Å². The molecule has 0 spiro atoms. The van der Waals surface area contributed by atoms with Crippen LogP contribution in [0.15, 0.2) is 42.5 Å². The van der Waals surface area contributed by atoms with Crippen molar-refractivity contribution in [2.45, 2.75) is 32.0 Å².